The van der Waals surface area contributed by atoms with Crippen molar-refractivity contribution in [2.24, 2.45) is 0 Å². The first-order valence-corrected chi connectivity index (χ1v) is 5.56. The number of nitrogens with one attached hydrogen (secondary N) is 3. The van der Waals surface area contributed by atoms with E-state index in [1.165, 1.54) is 13.8 Å². The van der Waals surface area contributed by atoms with Crippen LogP contribution in [0.5, 0.6) is 0 Å². The maximum absolute atomic E-state index is 11.5. The van der Waals surface area contributed by atoms with Crippen molar-refractivity contribution in [3.05, 3.63) is 24.3 Å². The van der Waals surface area contributed by atoms with Crippen molar-refractivity contribution in [1.82, 2.24) is 5.32 Å². The molecule has 0 aromatic heterocycles. The van der Waals surface area contributed by atoms with E-state index in [1.807, 2.05) is 0 Å². The molecule has 0 radical (unpaired) electrons. The Labute approximate surface area is 110 Å². The number of amides is 3. The van der Waals surface area contributed by atoms with Crippen LogP contribution in [0.4, 0.5) is 16.2 Å². The number of aliphatic carboxylic acids is 1. The molecule has 0 aliphatic rings. The van der Waals surface area contributed by atoms with E-state index in [0.29, 0.717) is 11.4 Å². The van der Waals surface area contributed by atoms with Gasteiger partial charge in [-0.15, -0.1) is 0 Å². The van der Waals surface area contributed by atoms with Crippen molar-refractivity contribution in [2.75, 3.05) is 10.6 Å². The summed E-state index contributed by atoms with van der Waals surface area (Å²) in [5.74, 6) is -1.34. The molecule has 4 N–H and O–H groups in total. The number of carboxylic acid groups (broad SMARTS) is 1. The highest BCUT2D eigenvalue weighted by atomic mass is 16.4. The molecule has 1 rings (SSSR count). The highest BCUT2D eigenvalue weighted by molar-refractivity contribution is 5.94. The molecule has 0 fully saturated rings. The molecule has 7 nitrogen and oxygen atoms in total. The standard InChI is InChI=1S/C12H15N3O4/c1-7(11(17)18)13-12(19)15-10-5-3-4-9(6-10)14-8(2)16/h3-7H,1-2H3,(H,14,16)(H,17,18)(H2,13,15,19)/t7-/m1/s1. The lowest BCUT2D eigenvalue weighted by atomic mass is 10.2. The van der Waals surface area contributed by atoms with E-state index in [1.54, 1.807) is 24.3 Å². The van der Waals surface area contributed by atoms with Crippen molar-refractivity contribution < 1.29 is 19.5 Å². The van der Waals surface area contributed by atoms with Crippen molar-refractivity contribution in [1.29, 1.82) is 0 Å². The predicted molar refractivity (Wildman–Crippen MR) is 70.0 cm³/mol. The van der Waals surface area contributed by atoms with Gasteiger partial charge in [0, 0.05) is 18.3 Å². The van der Waals surface area contributed by atoms with Crippen LogP contribution in [-0.4, -0.2) is 29.1 Å². The summed E-state index contributed by atoms with van der Waals surface area (Å²) < 4.78 is 0. The Bertz CT molecular complexity index is 502. The van der Waals surface area contributed by atoms with E-state index in [2.05, 4.69) is 16.0 Å². The lowest BCUT2D eigenvalue weighted by Crippen LogP contribution is -2.40. The summed E-state index contributed by atoms with van der Waals surface area (Å²) >= 11 is 0. The molecule has 0 aliphatic heterocycles. The molecule has 3 amide bonds. The van der Waals surface area contributed by atoms with Crippen molar-refractivity contribution in [2.45, 2.75) is 19.9 Å². The average Bonchev–Trinajstić information content (AvgIpc) is 2.27. The number of hydrogen-bond acceptors (Lipinski definition) is 3. The van der Waals surface area contributed by atoms with E-state index in [0.717, 1.165) is 0 Å². The first-order chi connectivity index (χ1) is 8.88. The Hall–Kier alpha value is -2.57. The maximum atomic E-state index is 11.5. The number of carbonyl (C=O) groups is 3. The number of benzene rings is 1. The number of hydrogen-bond donors (Lipinski definition) is 4. The fraction of sp³-hybridized carbons (Fsp3) is 0.250. The second kappa shape index (κ2) is 6.39. The van der Waals surface area contributed by atoms with Gasteiger partial charge in [-0.05, 0) is 25.1 Å². The largest absolute Gasteiger partial charge is 0.480 e. The lowest BCUT2D eigenvalue weighted by Gasteiger charge is -2.11. The van der Waals surface area contributed by atoms with Crippen LogP contribution in [0.15, 0.2) is 24.3 Å². The molecule has 1 aromatic carbocycles. The van der Waals surface area contributed by atoms with Gasteiger partial charge in [0.2, 0.25) is 5.91 Å². The molecule has 0 aliphatic carbocycles. The number of carboxylic acids is 1. The molecule has 7 heteroatoms. The smallest absolute Gasteiger partial charge is 0.325 e. The molecule has 0 heterocycles. The predicted octanol–water partition coefficient (Wildman–Crippen LogP) is 1.24. The summed E-state index contributed by atoms with van der Waals surface area (Å²) in [6.45, 7) is 2.73. The minimum atomic E-state index is -1.12. The Morgan fingerprint density at radius 1 is 1.16 bits per heavy atom. The number of anilines is 2. The SMILES string of the molecule is CC(=O)Nc1cccc(NC(=O)N[C@H](C)C(=O)O)c1. The topological polar surface area (TPSA) is 108 Å². The van der Waals surface area contributed by atoms with Crippen LogP contribution >= 0.6 is 0 Å². The Morgan fingerprint density at radius 2 is 1.74 bits per heavy atom. The summed E-state index contributed by atoms with van der Waals surface area (Å²) in [5.41, 5.74) is 0.984. The molecule has 0 saturated carbocycles. The molecular formula is C12H15N3O4. The third-order valence-electron chi connectivity index (χ3n) is 2.16. The number of urea groups is 1. The summed E-state index contributed by atoms with van der Waals surface area (Å²) in [6, 6.07) is 4.89. The summed E-state index contributed by atoms with van der Waals surface area (Å²) in [4.78, 5) is 33.0. The van der Waals surface area contributed by atoms with Gasteiger partial charge in [-0.25, -0.2) is 4.79 Å². The van der Waals surface area contributed by atoms with Gasteiger partial charge in [0.1, 0.15) is 6.04 Å². The molecule has 0 saturated heterocycles. The molecule has 0 unspecified atom stereocenters. The van der Waals surface area contributed by atoms with Crippen LogP contribution < -0.4 is 16.0 Å². The van der Waals surface area contributed by atoms with Crippen LogP contribution in [0.25, 0.3) is 0 Å². The Kier molecular flexibility index (Phi) is 4.87. The van der Waals surface area contributed by atoms with Crippen LogP contribution in [0, 0.1) is 0 Å². The Morgan fingerprint density at radius 3 is 2.26 bits per heavy atom. The van der Waals surface area contributed by atoms with Gasteiger partial charge in [0.25, 0.3) is 0 Å². The van der Waals surface area contributed by atoms with E-state index >= 15 is 0 Å². The van der Waals surface area contributed by atoms with Gasteiger partial charge in [-0.2, -0.15) is 0 Å². The second-order valence-corrected chi connectivity index (χ2v) is 3.92. The maximum Gasteiger partial charge on any atom is 0.325 e. The monoisotopic (exact) mass is 265 g/mol. The van der Waals surface area contributed by atoms with Gasteiger partial charge in [-0.3, -0.25) is 9.59 Å². The average molecular weight is 265 g/mol. The molecule has 0 spiro atoms. The van der Waals surface area contributed by atoms with Gasteiger partial charge < -0.3 is 21.1 Å². The molecule has 1 atom stereocenters. The van der Waals surface area contributed by atoms with Gasteiger partial charge in [0.05, 0.1) is 0 Å². The van der Waals surface area contributed by atoms with Crippen molar-refractivity contribution in [3.63, 3.8) is 0 Å². The zero-order valence-corrected chi connectivity index (χ0v) is 10.6. The molecule has 0 bridgehead atoms. The Balaban J connectivity index is 2.64. The molecule has 19 heavy (non-hydrogen) atoms. The third-order valence-corrected chi connectivity index (χ3v) is 2.16. The first kappa shape index (κ1) is 14.5. The molecule has 102 valence electrons. The van der Waals surface area contributed by atoms with E-state index < -0.39 is 18.0 Å². The molecular weight excluding hydrogens is 250 g/mol. The van der Waals surface area contributed by atoms with Crippen LogP contribution in [0.1, 0.15) is 13.8 Å². The normalized spacial score (nSPS) is 11.3. The van der Waals surface area contributed by atoms with E-state index in [-0.39, 0.29) is 5.91 Å². The van der Waals surface area contributed by atoms with Gasteiger partial charge >= 0.3 is 12.0 Å². The number of rotatable bonds is 4. The molecule has 1 aromatic rings. The fourth-order valence-electron chi connectivity index (χ4n) is 1.30. The summed E-state index contributed by atoms with van der Waals surface area (Å²) in [6.07, 6.45) is 0. The first-order valence-electron chi connectivity index (χ1n) is 5.56. The second-order valence-electron chi connectivity index (χ2n) is 3.92. The highest BCUT2D eigenvalue weighted by Gasteiger charge is 2.13. The van der Waals surface area contributed by atoms with Gasteiger partial charge in [-0.1, -0.05) is 6.07 Å². The lowest BCUT2D eigenvalue weighted by molar-refractivity contribution is -0.138. The van der Waals surface area contributed by atoms with E-state index in [4.69, 9.17) is 5.11 Å². The van der Waals surface area contributed by atoms with Crippen molar-refractivity contribution in [3.8, 4) is 0 Å². The summed E-state index contributed by atoms with van der Waals surface area (Å²) in [7, 11) is 0. The fourth-order valence-corrected chi connectivity index (χ4v) is 1.30. The van der Waals surface area contributed by atoms with E-state index in [9.17, 15) is 14.4 Å². The number of carbonyl (C=O) groups excluding carboxylic acids is 2. The summed E-state index contributed by atoms with van der Waals surface area (Å²) in [5, 5.41) is 16.0. The zero-order chi connectivity index (χ0) is 14.4. The minimum Gasteiger partial charge on any atom is -0.480 e. The van der Waals surface area contributed by atoms with Gasteiger partial charge in [0.15, 0.2) is 0 Å². The quantitative estimate of drug-likeness (QED) is 0.656. The zero-order valence-electron chi connectivity index (χ0n) is 10.6. The van der Waals surface area contributed by atoms with Crippen LogP contribution in [0.3, 0.4) is 0 Å². The highest BCUT2D eigenvalue weighted by Crippen LogP contribution is 2.14. The van der Waals surface area contributed by atoms with Crippen molar-refractivity contribution >= 4 is 29.3 Å². The minimum absolute atomic E-state index is 0.221. The van der Waals surface area contributed by atoms with Crippen LogP contribution in [-0.2, 0) is 9.59 Å². The third kappa shape index (κ3) is 5.07. The van der Waals surface area contributed by atoms with Crippen LogP contribution in [0.2, 0.25) is 0 Å².